The summed E-state index contributed by atoms with van der Waals surface area (Å²) in [5.41, 5.74) is 7.90. The molecule has 1 saturated heterocycles. The summed E-state index contributed by atoms with van der Waals surface area (Å²) in [5, 5.41) is 9.54. The van der Waals surface area contributed by atoms with Gasteiger partial charge >= 0.3 is 254 Å². The number of alkyl halides is 2. The van der Waals surface area contributed by atoms with E-state index in [-0.39, 0.29) is 7.09 Å². The molecule has 3 aliphatic rings. The third-order valence-electron chi connectivity index (χ3n) is 10.1. The van der Waals surface area contributed by atoms with Crippen LogP contribution in [-0.4, -0.2) is 9.78 Å². The summed E-state index contributed by atoms with van der Waals surface area (Å²) < 4.78 is 12.4. The number of hydrogen-bond acceptors (Lipinski definition) is 2. The molecule has 7 aromatic rings. The molecule has 6 heteroatoms. The topological polar surface area (TPSA) is 25.6 Å². The fourth-order valence-electron chi connectivity index (χ4n) is 8.83. The molecule has 0 amide bonds. The van der Waals surface area contributed by atoms with Gasteiger partial charge in [0.2, 0.25) is 0 Å². The Labute approximate surface area is 252 Å². The Morgan fingerprint density at radius 3 is 2.55 bits per heavy atom. The number of pyridine rings is 2. The number of hydrogen-bond donors (Lipinski definition) is 0. The molecule has 3 atom stereocenters. The van der Waals surface area contributed by atoms with E-state index in [1.54, 1.807) is 3.57 Å². The number of rotatable bonds is 2. The Morgan fingerprint density at radius 1 is 0.833 bits per heavy atom. The van der Waals surface area contributed by atoms with Crippen LogP contribution in [0.3, 0.4) is 0 Å². The summed E-state index contributed by atoms with van der Waals surface area (Å²) in [7, 11) is 0. The molecule has 10 rings (SSSR count). The van der Waals surface area contributed by atoms with Gasteiger partial charge in [0.15, 0.2) is 0 Å². The van der Waals surface area contributed by atoms with Crippen molar-refractivity contribution in [2.24, 2.45) is 0 Å². The number of benzene rings is 3. The Hall–Kier alpha value is -3.62. The summed E-state index contributed by atoms with van der Waals surface area (Å²) in [4.78, 5) is 0. The van der Waals surface area contributed by atoms with Crippen LogP contribution in [0.5, 0.6) is 0 Å². The van der Waals surface area contributed by atoms with Crippen LogP contribution >= 0.6 is 11.3 Å². The van der Waals surface area contributed by atoms with Gasteiger partial charge in [-0.25, -0.2) is 0 Å². The van der Waals surface area contributed by atoms with Crippen LogP contribution in [0.25, 0.3) is 53.7 Å². The van der Waals surface area contributed by atoms with Crippen LogP contribution in [0, 0.1) is 10.5 Å². The van der Waals surface area contributed by atoms with E-state index in [2.05, 4.69) is 136 Å². The molecule has 0 N–H and O–H groups in total. The fraction of sp³-hybridized carbons (Fsp3) is 0.194. The van der Waals surface area contributed by atoms with Gasteiger partial charge in [0, 0.05) is 0 Å². The van der Waals surface area contributed by atoms with Crippen molar-refractivity contribution in [1.82, 2.24) is 9.78 Å². The van der Waals surface area contributed by atoms with Crippen molar-refractivity contribution in [1.29, 1.82) is 0 Å². The number of nitrogens with zero attached hydrogens (tertiary/aromatic N) is 4. The molecule has 3 unspecified atom stereocenters. The molecule has 1 spiro atoms. The van der Waals surface area contributed by atoms with Crippen LogP contribution in [0.15, 0.2) is 103 Å². The second-order valence-corrected chi connectivity index (χ2v) is 21.6. The quantitative estimate of drug-likeness (QED) is 0.150. The van der Waals surface area contributed by atoms with Gasteiger partial charge in [0.05, 0.1) is 0 Å². The fourth-order valence-corrected chi connectivity index (χ4v) is 28.1. The SMILES string of the molecule is CCC12n3nc(C)cc3-c3cccc[n+]3C1(CC)[I-]21c2ccc3sc4ccccc4c3c2-c2ccc3ccccc3[n+]21. The van der Waals surface area contributed by atoms with Gasteiger partial charge in [-0.05, 0) is 0 Å². The first kappa shape index (κ1) is 23.9. The standard InChI is InChI=1S/C36H30IN4S/c1-4-35-36(5-2,41-30(22-23(3)38-41)28-15-10-11-21-39(28)35)37(35)26-18-20-32-33(25-13-7-9-16-31(25)42-32)34(26)29-19-17-24-12-6-8-14-27(24)40(29)37/h6-22H,4-5H2,1-3H3/q+1. The Bertz CT molecular complexity index is 2330. The maximum atomic E-state index is 5.39. The molecule has 0 aliphatic carbocycles. The van der Waals surface area contributed by atoms with Crippen LogP contribution in [-0.2, 0) is 7.09 Å². The molecule has 3 aromatic carbocycles. The van der Waals surface area contributed by atoms with Crippen molar-refractivity contribution < 1.29 is 26.1 Å². The molecule has 7 heterocycles. The van der Waals surface area contributed by atoms with E-state index >= 15 is 0 Å². The zero-order valence-electron chi connectivity index (χ0n) is 23.8. The molecular formula is C36H30IN4S+. The van der Waals surface area contributed by atoms with Crippen molar-refractivity contribution in [2.45, 2.75) is 40.7 Å². The van der Waals surface area contributed by atoms with Crippen molar-refractivity contribution in [2.75, 3.05) is 0 Å². The normalized spacial score (nSPS) is 26.1. The van der Waals surface area contributed by atoms with Crippen molar-refractivity contribution in [3.8, 4) is 22.6 Å². The van der Waals surface area contributed by atoms with E-state index in [4.69, 9.17) is 5.10 Å². The maximum absolute atomic E-state index is 5.39. The predicted molar refractivity (Wildman–Crippen MR) is 166 cm³/mol. The molecule has 1 fully saturated rings. The van der Waals surface area contributed by atoms with Gasteiger partial charge in [0.1, 0.15) is 0 Å². The van der Waals surface area contributed by atoms with Gasteiger partial charge in [-0.15, -0.1) is 0 Å². The second kappa shape index (κ2) is 7.66. The average Bonchev–Trinajstić information content (AvgIpc) is 3.38. The molecule has 4 nitrogen and oxygen atoms in total. The third-order valence-corrected chi connectivity index (χ3v) is 25.3. The van der Waals surface area contributed by atoms with Gasteiger partial charge in [0.25, 0.3) is 0 Å². The first-order valence-electron chi connectivity index (χ1n) is 14.9. The Morgan fingerprint density at radius 2 is 1.67 bits per heavy atom. The van der Waals surface area contributed by atoms with Gasteiger partial charge < -0.3 is 0 Å². The van der Waals surface area contributed by atoms with E-state index in [0.29, 0.717) is 0 Å². The van der Waals surface area contributed by atoms with E-state index in [0.717, 1.165) is 18.5 Å². The van der Waals surface area contributed by atoms with E-state index < -0.39 is 18.7 Å². The van der Waals surface area contributed by atoms with Crippen LogP contribution in [0.1, 0.15) is 32.4 Å². The third kappa shape index (κ3) is 2.25. The monoisotopic (exact) mass is 677 g/mol. The van der Waals surface area contributed by atoms with Gasteiger partial charge in [-0.3, -0.25) is 0 Å². The molecule has 0 radical (unpaired) electrons. The summed E-state index contributed by atoms with van der Waals surface area (Å²) in [6.45, 7) is 7.03. The first-order chi connectivity index (χ1) is 20.6. The number of halogens is 1. The zero-order chi connectivity index (χ0) is 28.0. The average molecular weight is 678 g/mol. The Kier molecular flexibility index (Phi) is 4.36. The molecule has 0 saturated carbocycles. The zero-order valence-corrected chi connectivity index (χ0v) is 26.8. The summed E-state index contributed by atoms with van der Waals surface area (Å²) in [6.07, 6.45) is 4.49. The molecule has 3 aliphatic heterocycles. The first-order valence-corrected chi connectivity index (χ1v) is 19.9. The number of thiophene rings is 1. The van der Waals surface area contributed by atoms with E-state index in [1.807, 2.05) is 11.3 Å². The van der Waals surface area contributed by atoms with E-state index in [9.17, 15) is 0 Å². The minimum atomic E-state index is -3.36. The second-order valence-electron chi connectivity index (χ2n) is 11.8. The molecule has 206 valence electrons. The number of para-hydroxylation sites is 1. The number of fused-ring (bicyclic) bond motifs is 19. The summed E-state index contributed by atoms with van der Waals surface area (Å²) in [5.74, 6) is 0. The molecule has 42 heavy (non-hydrogen) atoms. The van der Waals surface area contributed by atoms with Gasteiger partial charge in [-0.2, -0.15) is 0 Å². The molecule has 0 bridgehead atoms. The molecular weight excluding hydrogens is 647 g/mol. The van der Waals surface area contributed by atoms with Gasteiger partial charge in [-0.1, -0.05) is 0 Å². The van der Waals surface area contributed by atoms with Crippen molar-refractivity contribution in [3.05, 3.63) is 113 Å². The van der Waals surface area contributed by atoms with Crippen LogP contribution in [0.2, 0.25) is 0 Å². The number of aryl methyl sites for hydroxylation is 1. The minimum absolute atomic E-state index is 0.0649. The molecule has 4 aromatic heterocycles. The summed E-state index contributed by atoms with van der Waals surface area (Å²) in [6, 6.07) is 37.0. The van der Waals surface area contributed by atoms with E-state index in [1.165, 1.54) is 53.7 Å². The van der Waals surface area contributed by atoms with Crippen molar-refractivity contribution in [3.63, 3.8) is 0 Å². The number of aromatic nitrogens is 4. The Balaban J connectivity index is 1.49. The predicted octanol–water partition coefficient (Wildman–Crippen LogP) is 4.58. The van der Waals surface area contributed by atoms with Crippen molar-refractivity contribution >= 4 is 42.4 Å². The summed E-state index contributed by atoms with van der Waals surface area (Å²) >= 11 is -1.43. The van der Waals surface area contributed by atoms with Crippen LogP contribution < -0.4 is 26.1 Å². The van der Waals surface area contributed by atoms with Crippen LogP contribution in [0.4, 0.5) is 0 Å².